The molecule has 3 rings (SSSR count). The van der Waals surface area contributed by atoms with Gasteiger partial charge in [0.25, 0.3) is 0 Å². The summed E-state index contributed by atoms with van der Waals surface area (Å²) in [6.07, 6.45) is 6.98. The second-order valence-corrected chi connectivity index (χ2v) is 5.66. The molecule has 0 radical (unpaired) electrons. The molecule has 92 valence electrons. The monoisotopic (exact) mass is 251 g/mol. The maximum atomic E-state index is 5.48. The Bertz CT molecular complexity index is 499. The number of fused-ring (bicyclic) bond motifs is 1. The molecule has 17 heavy (non-hydrogen) atoms. The van der Waals surface area contributed by atoms with Crippen molar-refractivity contribution in [2.75, 3.05) is 6.54 Å². The van der Waals surface area contributed by atoms with E-state index >= 15 is 0 Å². The van der Waals surface area contributed by atoms with Crippen molar-refractivity contribution in [1.82, 2.24) is 19.8 Å². The van der Waals surface area contributed by atoms with Crippen molar-refractivity contribution in [3.63, 3.8) is 0 Å². The van der Waals surface area contributed by atoms with Crippen LogP contribution in [0, 0.1) is 0 Å². The molecule has 0 spiro atoms. The molecule has 6 heteroatoms. The molecule has 2 aromatic heterocycles. The number of unbranched alkanes of at least 4 members (excludes halogenated alkanes) is 2. The van der Waals surface area contributed by atoms with Crippen LogP contribution in [-0.2, 0) is 6.42 Å². The van der Waals surface area contributed by atoms with Crippen LogP contribution in [0.5, 0.6) is 0 Å². The third kappa shape index (κ3) is 2.32. The fourth-order valence-electron chi connectivity index (χ4n) is 1.97. The van der Waals surface area contributed by atoms with E-state index in [1.165, 1.54) is 30.7 Å². The molecule has 1 aliphatic rings. The number of rotatable bonds is 6. The first-order valence-corrected chi connectivity index (χ1v) is 7.11. The van der Waals surface area contributed by atoms with Crippen molar-refractivity contribution >= 4 is 16.3 Å². The minimum absolute atomic E-state index is 0.609. The van der Waals surface area contributed by atoms with E-state index in [9.17, 15) is 0 Å². The highest BCUT2D eigenvalue weighted by Crippen LogP contribution is 2.39. The molecule has 2 N–H and O–H groups in total. The minimum atomic E-state index is 0.609. The second-order valence-electron chi connectivity index (χ2n) is 4.62. The van der Waals surface area contributed by atoms with Gasteiger partial charge < -0.3 is 5.73 Å². The summed E-state index contributed by atoms with van der Waals surface area (Å²) in [5.41, 5.74) is 5.48. The van der Waals surface area contributed by atoms with Crippen LogP contribution in [0.1, 0.15) is 48.9 Å². The maximum absolute atomic E-state index is 5.48. The van der Waals surface area contributed by atoms with Crippen molar-refractivity contribution in [2.24, 2.45) is 5.73 Å². The molecule has 1 aliphatic carbocycles. The molecular formula is C11H17N5S. The van der Waals surface area contributed by atoms with E-state index in [0.29, 0.717) is 5.92 Å². The Morgan fingerprint density at radius 1 is 1.24 bits per heavy atom. The Kier molecular flexibility index (Phi) is 3.07. The molecule has 5 nitrogen and oxygen atoms in total. The van der Waals surface area contributed by atoms with Crippen LogP contribution in [0.25, 0.3) is 4.96 Å². The second kappa shape index (κ2) is 4.70. The van der Waals surface area contributed by atoms with E-state index in [1.807, 2.05) is 4.52 Å². The smallest absolute Gasteiger partial charge is 0.234 e. The summed E-state index contributed by atoms with van der Waals surface area (Å²) < 4.78 is 1.95. The van der Waals surface area contributed by atoms with Gasteiger partial charge in [-0.25, -0.2) is 0 Å². The first-order chi connectivity index (χ1) is 8.38. The van der Waals surface area contributed by atoms with E-state index in [2.05, 4.69) is 15.3 Å². The molecule has 0 aliphatic heterocycles. The van der Waals surface area contributed by atoms with Gasteiger partial charge in [-0.2, -0.15) is 9.61 Å². The third-order valence-corrected chi connectivity index (χ3v) is 4.05. The third-order valence-electron chi connectivity index (χ3n) is 3.09. The highest BCUT2D eigenvalue weighted by atomic mass is 32.1. The molecule has 1 fully saturated rings. The Hall–Kier alpha value is -1.01. The van der Waals surface area contributed by atoms with Crippen LogP contribution in [0.2, 0.25) is 0 Å². The van der Waals surface area contributed by atoms with Crippen LogP contribution < -0.4 is 5.73 Å². The Morgan fingerprint density at radius 3 is 2.88 bits per heavy atom. The van der Waals surface area contributed by atoms with E-state index in [0.717, 1.165) is 30.2 Å². The van der Waals surface area contributed by atoms with Gasteiger partial charge in [0.2, 0.25) is 4.96 Å². The number of hydrogen-bond acceptors (Lipinski definition) is 5. The zero-order chi connectivity index (χ0) is 11.7. The standard InChI is InChI=1S/C11H17N5S/c12-7-3-1-2-4-9-15-16-10(8-5-6-8)13-14-11(16)17-9/h8H,1-7,12H2. The lowest BCUT2D eigenvalue weighted by molar-refractivity contribution is 0.676. The maximum Gasteiger partial charge on any atom is 0.234 e. The molecule has 0 saturated heterocycles. The van der Waals surface area contributed by atoms with Crippen molar-refractivity contribution in [3.8, 4) is 0 Å². The lowest BCUT2D eigenvalue weighted by Gasteiger charge is -1.95. The highest BCUT2D eigenvalue weighted by molar-refractivity contribution is 7.16. The predicted molar refractivity (Wildman–Crippen MR) is 67.2 cm³/mol. The minimum Gasteiger partial charge on any atom is -0.330 e. The van der Waals surface area contributed by atoms with E-state index in [-0.39, 0.29) is 0 Å². The Labute approximate surface area is 104 Å². The largest absolute Gasteiger partial charge is 0.330 e. The molecule has 0 amide bonds. The number of aromatic nitrogens is 4. The fourth-order valence-corrected chi connectivity index (χ4v) is 2.85. The number of nitrogens with zero attached hydrogens (tertiary/aromatic N) is 4. The molecule has 0 bridgehead atoms. The molecule has 1 saturated carbocycles. The SMILES string of the molecule is NCCCCCc1nn2c(C3CC3)nnc2s1. The van der Waals surface area contributed by atoms with Crippen LogP contribution in [0.15, 0.2) is 0 Å². The van der Waals surface area contributed by atoms with Crippen molar-refractivity contribution in [3.05, 3.63) is 10.8 Å². The van der Waals surface area contributed by atoms with Gasteiger partial charge in [-0.05, 0) is 32.2 Å². The summed E-state index contributed by atoms with van der Waals surface area (Å²) in [7, 11) is 0. The molecule has 2 heterocycles. The topological polar surface area (TPSA) is 69.1 Å². The van der Waals surface area contributed by atoms with E-state index in [1.54, 1.807) is 11.3 Å². The Morgan fingerprint density at radius 2 is 2.12 bits per heavy atom. The normalized spacial score (nSPS) is 15.8. The average Bonchev–Trinajstić information content (AvgIpc) is 2.97. The number of nitrogens with two attached hydrogens (primary N) is 1. The van der Waals surface area contributed by atoms with Gasteiger partial charge >= 0.3 is 0 Å². The molecule has 0 unspecified atom stereocenters. The predicted octanol–water partition coefficient (Wildman–Crippen LogP) is 1.73. The van der Waals surface area contributed by atoms with Gasteiger partial charge in [0, 0.05) is 12.3 Å². The summed E-state index contributed by atoms with van der Waals surface area (Å²) in [6, 6.07) is 0. The zero-order valence-electron chi connectivity index (χ0n) is 9.80. The number of aryl methyl sites for hydroxylation is 1. The van der Waals surface area contributed by atoms with Gasteiger partial charge in [0.1, 0.15) is 5.01 Å². The zero-order valence-corrected chi connectivity index (χ0v) is 10.6. The first kappa shape index (κ1) is 11.1. The van der Waals surface area contributed by atoms with Crippen LogP contribution >= 0.6 is 11.3 Å². The summed E-state index contributed by atoms with van der Waals surface area (Å²) in [6.45, 7) is 0.789. The van der Waals surface area contributed by atoms with Crippen LogP contribution in [-0.4, -0.2) is 26.4 Å². The molecule has 2 aromatic rings. The van der Waals surface area contributed by atoms with Crippen LogP contribution in [0.3, 0.4) is 0 Å². The number of hydrogen-bond donors (Lipinski definition) is 1. The lowest BCUT2D eigenvalue weighted by atomic mass is 10.2. The van der Waals surface area contributed by atoms with Gasteiger partial charge in [-0.1, -0.05) is 17.8 Å². The fraction of sp³-hybridized carbons (Fsp3) is 0.727. The van der Waals surface area contributed by atoms with Crippen molar-refractivity contribution < 1.29 is 0 Å². The first-order valence-electron chi connectivity index (χ1n) is 6.29. The average molecular weight is 251 g/mol. The molecule has 0 atom stereocenters. The van der Waals surface area contributed by atoms with Crippen molar-refractivity contribution in [2.45, 2.75) is 44.4 Å². The summed E-state index contributed by atoms with van der Waals surface area (Å²) >= 11 is 1.67. The summed E-state index contributed by atoms with van der Waals surface area (Å²) in [5, 5.41) is 14.2. The van der Waals surface area contributed by atoms with Gasteiger partial charge in [0.15, 0.2) is 5.82 Å². The highest BCUT2D eigenvalue weighted by Gasteiger charge is 2.29. The Balaban J connectivity index is 1.69. The van der Waals surface area contributed by atoms with Gasteiger partial charge in [-0.3, -0.25) is 0 Å². The molecule has 0 aromatic carbocycles. The quantitative estimate of drug-likeness (QED) is 0.794. The van der Waals surface area contributed by atoms with E-state index < -0.39 is 0 Å². The lowest BCUT2D eigenvalue weighted by Crippen LogP contribution is -1.98. The van der Waals surface area contributed by atoms with Crippen LogP contribution in [0.4, 0.5) is 0 Å². The molecular weight excluding hydrogens is 234 g/mol. The van der Waals surface area contributed by atoms with Gasteiger partial charge in [-0.15, -0.1) is 10.2 Å². The summed E-state index contributed by atoms with van der Waals surface area (Å²) in [4.78, 5) is 0.945. The van der Waals surface area contributed by atoms with Crippen molar-refractivity contribution in [1.29, 1.82) is 0 Å². The van der Waals surface area contributed by atoms with Gasteiger partial charge in [0.05, 0.1) is 0 Å². The van der Waals surface area contributed by atoms with E-state index in [4.69, 9.17) is 5.73 Å². The summed E-state index contributed by atoms with van der Waals surface area (Å²) in [5.74, 6) is 1.67.